The smallest absolute Gasteiger partial charge is 0.151 e. The van der Waals surface area contributed by atoms with Crippen molar-refractivity contribution in [3.05, 3.63) is 41.8 Å². The minimum absolute atomic E-state index is 0.545. The summed E-state index contributed by atoms with van der Waals surface area (Å²) in [5.74, 6) is 2.04. The highest BCUT2D eigenvalue weighted by Gasteiger charge is 2.12. The maximum Gasteiger partial charge on any atom is 0.151 e. The van der Waals surface area contributed by atoms with Gasteiger partial charge in [-0.2, -0.15) is 0 Å². The molecule has 18 heavy (non-hydrogen) atoms. The van der Waals surface area contributed by atoms with Crippen molar-refractivity contribution in [1.29, 1.82) is 0 Å². The minimum Gasteiger partial charge on any atom is -0.399 e. The summed E-state index contributed by atoms with van der Waals surface area (Å²) >= 11 is 0. The molecule has 0 bridgehead atoms. The van der Waals surface area contributed by atoms with Crippen LogP contribution < -0.4 is 5.73 Å². The Morgan fingerprint density at radius 1 is 1.33 bits per heavy atom. The lowest BCUT2D eigenvalue weighted by Gasteiger charge is -2.24. The molecule has 0 radical (unpaired) electrons. The quantitative estimate of drug-likeness (QED) is 0.531. The first kappa shape index (κ1) is 16.3. The highest BCUT2D eigenvalue weighted by molar-refractivity contribution is 5.63. The average molecular weight is 248 g/mol. The van der Waals surface area contributed by atoms with Gasteiger partial charge in [0.2, 0.25) is 0 Å². The number of hydrogen-bond acceptors (Lipinski definition) is 3. The van der Waals surface area contributed by atoms with Gasteiger partial charge in [0.15, 0.2) is 5.94 Å². The van der Waals surface area contributed by atoms with Crippen LogP contribution in [0.2, 0.25) is 0 Å². The van der Waals surface area contributed by atoms with Crippen LogP contribution >= 0.6 is 0 Å². The summed E-state index contributed by atoms with van der Waals surface area (Å²) in [5.41, 5.74) is 7.65. The van der Waals surface area contributed by atoms with Crippen molar-refractivity contribution in [2.24, 2.45) is 5.73 Å². The first-order valence-corrected chi connectivity index (χ1v) is 6.40. The van der Waals surface area contributed by atoms with Gasteiger partial charge < -0.3 is 10.6 Å². The third kappa shape index (κ3) is 5.07. The zero-order valence-corrected chi connectivity index (χ0v) is 11.7. The molecule has 0 atom stereocenters. The Bertz CT molecular complexity index is 368. The lowest BCUT2D eigenvalue weighted by molar-refractivity contribution is 0.353. The van der Waals surface area contributed by atoms with E-state index in [-0.39, 0.29) is 0 Å². The summed E-state index contributed by atoms with van der Waals surface area (Å²) in [7, 11) is 0. The van der Waals surface area contributed by atoms with Crippen molar-refractivity contribution in [1.82, 2.24) is 4.90 Å². The third-order valence-electron chi connectivity index (χ3n) is 2.54. The van der Waals surface area contributed by atoms with Crippen molar-refractivity contribution in [2.45, 2.75) is 33.6 Å². The number of hydrogen-bond donors (Lipinski definition) is 1. The predicted octanol–water partition coefficient (Wildman–Crippen LogP) is 2.80. The molecule has 0 rings (SSSR count). The molecule has 0 aromatic heterocycles. The first-order valence-electron chi connectivity index (χ1n) is 6.40. The van der Waals surface area contributed by atoms with Crippen LogP contribution in [0.3, 0.4) is 0 Å². The number of carbonyl (C=O) groups excluding carboxylic acids is 1. The first-order chi connectivity index (χ1) is 8.64. The van der Waals surface area contributed by atoms with E-state index in [4.69, 9.17) is 5.73 Å². The van der Waals surface area contributed by atoms with Crippen LogP contribution in [0.15, 0.2) is 41.8 Å². The topological polar surface area (TPSA) is 46.3 Å². The predicted molar refractivity (Wildman–Crippen MR) is 77.6 cm³/mol. The number of nitrogens with zero attached hydrogens (tertiary/aromatic N) is 1. The van der Waals surface area contributed by atoms with Crippen LogP contribution in [-0.4, -0.2) is 23.9 Å². The standard InChI is InChI=1S/C15H24N2O/c1-5-9-17(10-6-2)15(12-18)13(7-3)11-14(16)8-4/h7-8,11H,4-6,9-10,16H2,1-3H3/b13-7+,14-11+. The van der Waals surface area contributed by atoms with Crippen molar-refractivity contribution in [3.63, 3.8) is 0 Å². The zero-order valence-electron chi connectivity index (χ0n) is 11.7. The monoisotopic (exact) mass is 248 g/mol. The molecular weight excluding hydrogens is 224 g/mol. The maximum atomic E-state index is 11.2. The summed E-state index contributed by atoms with van der Waals surface area (Å²) in [5, 5.41) is 0. The zero-order chi connectivity index (χ0) is 14.0. The summed E-state index contributed by atoms with van der Waals surface area (Å²) < 4.78 is 0. The largest absolute Gasteiger partial charge is 0.399 e. The van der Waals surface area contributed by atoms with Crippen LogP contribution in [0.4, 0.5) is 0 Å². The fraction of sp³-hybridized carbons (Fsp3) is 0.467. The second-order valence-corrected chi connectivity index (χ2v) is 4.03. The van der Waals surface area contributed by atoms with E-state index in [1.165, 1.54) is 0 Å². The summed E-state index contributed by atoms with van der Waals surface area (Å²) in [4.78, 5) is 13.3. The van der Waals surface area contributed by atoms with Crippen molar-refractivity contribution in [3.8, 4) is 0 Å². The Balaban J connectivity index is 5.26. The van der Waals surface area contributed by atoms with Gasteiger partial charge in [-0.1, -0.05) is 26.5 Å². The van der Waals surface area contributed by atoms with E-state index in [0.29, 0.717) is 11.4 Å². The van der Waals surface area contributed by atoms with Crippen molar-refractivity contribution in [2.75, 3.05) is 13.1 Å². The third-order valence-corrected chi connectivity index (χ3v) is 2.54. The van der Waals surface area contributed by atoms with Gasteiger partial charge in [0.1, 0.15) is 5.70 Å². The second kappa shape index (κ2) is 9.32. The number of allylic oxidation sites excluding steroid dienone is 3. The maximum absolute atomic E-state index is 11.2. The van der Waals surface area contributed by atoms with Crippen LogP contribution in [0.25, 0.3) is 0 Å². The molecule has 0 amide bonds. The van der Waals surface area contributed by atoms with Gasteiger partial charge >= 0.3 is 0 Å². The van der Waals surface area contributed by atoms with Crippen LogP contribution in [0.5, 0.6) is 0 Å². The highest BCUT2D eigenvalue weighted by atomic mass is 16.1. The van der Waals surface area contributed by atoms with Gasteiger partial charge in [0.25, 0.3) is 0 Å². The lowest BCUT2D eigenvalue weighted by atomic mass is 10.1. The molecule has 0 heterocycles. The molecule has 0 unspecified atom stereocenters. The fourth-order valence-corrected chi connectivity index (χ4v) is 1.71. The van der Waals surface area contributed by atoms with Gasteiger partial charge in [0, 0.05) is 24.4 Å². The highest BCUT2D eigenvalue weighted by Crippen LogP contribution is 2.16. The molecule has 0 aliphatic carbocycles. The Morgan fingerprint density at radius 3 is 2.22 bits per heavy atom. The van der Waals surface area contributed by atoms with Crippen LogP contribution in [0.1, 0.15) is 33.6 Å². The van der Waals surface area contributed by atoms with Gasteiger partial charge in [-0.15, -0.1) is 0 Å². The summed E-state index contributed by atoms with van der Waals surface area (Å²) in [6.45, 7) is 11.4. The lowest BCUT2D eigenvalue weighted by Crippen LogP contribution is -2.26. The number of rotatable bonds is 8. The molecule has 0 fully saturated rings. The van der Waals surface area contributed by atoms with E-state index in [0.717, 1.165) is 31.5 Å². The Hall–Kier alpha value is -1.73. The average Bonchev–Trinajstić information content (AvgIpc) is 2.38. The van der Waals surface area contributed by atoms with E-state index < -0.39 is 0 Å². The minimum atomic E-state index is 0.545. The Kier molecular flexibility index (Phi) is 8.42. The van der Waals surface area contributed by atoms with Gasteiger partial charge in [-0.05, 0) is 31.9 Å². The van der Waals surface area contributed by atoms with Crippen molar-refractivity contribution < 1.29 is 4.79 Å². The molecule has 3 heteroatoms. The molecule has 0 saturated carbocycles. The number of nitrogens with two attached hydrogens (primary N) is 1. The van der Waals surface area contributed by atoms with Crippen LogP contribution in [0, 0.1) is 0 Å². The van der Waals surface area contributed by atoms with Gasteiger partial charge in [0.05, 0.1) is 0 Å². The van der Waals surface area contributed by atoms with Gasteiger partial charge in [-0.25, -0.2) is 4.79 Å². The molecule has 0 aromatic rings. The second-order valence-electron chi connectivity index (χ2n) is 4.03. The molecule has 3 nitrogen and oxygen atoms in total. The van der Waals surface area contributed by atoms with E-state index in [9.17, 15) is 4.79 Å². The molecule has 0 saturated heterocycles. The summed E-state index contributed by atoms with van der Waals surface area (Å²) in [6, 6.07) is 0. The van der Waals surface area contributed by atoms with E-state index in [1.54, 1.807) is 12.2 Å². The molecule has 0 aromatic carbocycles. The molecule has 100 valence electrons. The SMILES string of the molecule is C=C/C(N)=C\C(=C/C)C(=C=O)N(CCC)CCC. The molecule has 2 N–H and O–H groups in total. The Labute approximate surface area is 110 Å². The normalized spacial score (nSPS) is 11.9. The molecule has 0 spiro atoms. The molecule has 0 aliphatic rings. The van der Waals surface area contributed by atoms with E-state index in [2.05, 4.69) is 25.3 Å². The molecular formula is C15H24N2O. The fourth-order valence-electron chi connectivity index (χ4n) is 1.71. The van der Waals surface area contributed by atoms with Gasteiger partial charge in [-0.3, -0.25) is 0 Å². The van der Waals surface area contributed by atoms with E-state index >= 15 is 0 Å². The van der Waals surface area contributed by atoms with E-state index in [1.807, 2.05) is 18.9 Å². The summed E-state index contributed by atoms with van der Waals surface area (Å²) in [6.07, 6.45) is 7.17. The molecule has 0 aliphatic heterocycles. The Morgan fingerprint density at radius 2 is 1.89 bits per heavy atom. The van der Waals surface area contributed by atoms with Crippen LogP contribution in [-0.2, 0) is 4.79 Å². The van der Waals surface area contributed by atoms with Crippen molar-refractivity contribution >= 4 is 5.94 Å².